The van der Waals surface area contributed by atoms with Gasteiger partial charge in [-0.3, -0.25) is 9.59 Å². The second-order valence-corrected chi connectivity index (χ2v) is 13.5. The lowest BCUT2D eigenvalue weighted by molar-refractivity contribution is -0.151. The van der Waals surface area contributed by atoms with E-state index in [2.05, 4.69) is 5.32 Å². The summed E-state index contributed by atoms with van der Waals surface area (Å²) >= 11 is 0. The zero-order valence-electron chi connectivity index (χ0n) is 15.3. The molecule has 0 bridgehead atoms. The zero-order chi connectivity index (χ0) is 19.4. The first-order valence-electron chi connectivity index (χ1n) is 8.45. The molecule has 0 heterocycles. The highest BCUT2D eigenvalue weighted by Crippen LogP contribution is 2.61. The first kappa shape index (κ1) is 19.9. The molecule has 2 fully saturated rings. The Morgan fingerprint density at radius 1 is 1.28 bits per heavy atom. The van der Waals surface area contributed by atoms with Gasteiger partial charge in [0.15, 0.2) is 8.32 Å². The Bertz CT molecular complexity index is 602. The maximum Gasteiger partial charge on any atom is 0.353 e. The topological polar surface area (TPSA) is 139 Å². The van der Waals surface area contributed by atoms with Crippen LogP contribution in [0.5, 0.6) is 0 Å². The third-order valence-electron chi connectivity index (χ3n) is 6.07. The minimum atomic E-state index is -2.43. The van der Waals surface area contributed by atoms with Gasteiger partial charge in [0.25, 0.3) is 0 Å². The van der Waals surface area contributed by atoms with Crippen LogP contribution >= 0.6 is 0 Å². The number of amides is 1. The number of carboxylic acid groups (broad SMARTS) is 2. The molecule has 25 heavy (non-hydrogen) atoms. The predicted octanol–water partition coefficient (Wildman–Crippen LogP) is 0.973. The second-order valence-electron chi connectivity index (χ2n) is 8.70. The minimum absolute atomic E-state index is 0.0992. The quantitative estimate of drug-likeness (QED) is 0.402. The molecule has 0 unspecified atom stereocenters. The van der Waals surface area contributed by atoms with Crippen LogP contribution in [0, 0.1) is 17.8 Å². The van der Waals surface area contributed by atoms with Gasteiger partial charge in [0.2, 0.25) is 12.1 Å². The van der Waals surface area contributed by atoms with Crippen molar-refractivity contribution in [2.45, 2.75) is 63.5 Å². The SMILES string of the molecule is CC(C)(C)[Si](C)(C)O[C@H](NC(=O)[C@]1(N)CC[C@H]2[C@H](C(=O)O)[C@H]21)C(=O)O. The maximum absolute atomic E-state index is 12.7. The van der Waals surface area contributed by atoms with E-state index < -0.39 is 49.8 Å². The highest BCUT2D eigenvalue weighted by atomic mass is 28.4. The number of carboxylic acids is 2. The van der Waals surface area contributed by atoms with Crippen molar-refractivity contribution < 1.29 is 29.0 Å². The average molecular weight is 372 g/mol. The lowest BCUT2D eigenvalue weighted by atomic mass is 9.90. The highest BCUT2D eigenvalue weighted by molar-refractivity contribution is 6.74. The molecule has 0 aromatic rings. The summed E-state index contributed by atoms with van der Waals surface area (Å²) in [6.07, 6.45) is -0.577. The molecular formula is C16H28N2O6Si. The molecule has 2 rings (SSSR count). The summed E-state index contributed by atoms with van der Waals surface area (Å²) in [4.78, 5) is 35.5. The molecule has 2 aliphatic carbocycles. The van der Waals surface area contributed by atoms with Crippen molar-refractivity contribution in [2.75, 3.05) is 0 Å². The van der Waals surface area contributed by atoms with Crippen LogP contribution < -0.4 is 11.1 Å². The normalized spacial score (nSPS) is 32.6. The molecular weight excluding hydrogens is 344 g/mol. The van der Waals surface area contributed by atoms with Crippen molar-refractivity contribution in [2.24, 2.45) is 23.5 Å². The van der Waals surface area contributed by atoms with Crippen LogP contribution in [-0.2, 0) is 18.8 Å². The van der Waals surface area contributed by atoms with Crippen molar-refractivity contribution in [3.63, 3.8) is 0 Å². The van der Waals surface area contributed by atoms with Gasteiger partial charge in [0.05, 0.1) is 11.5 Å². The Morgan fingerprint density at radius 2 is 1.84 bits per heavy atom. The van der Waals surface area contributed by atoms with Gasteiger partial charge in [-0.2, -0.15) is 0 Å². The summed E-state index contributed by atoms with van der Waals surface area (Å²) in [6, 6.07) is 0. The minimum Gasteiger partial charge on any atom is -0.481 e. The highest BCUT2D eigenvalue weighted by Gasteiger charge is 2.69. The van der Waals surface area contributed by atoms with Gasteiger partial charge in [0.1, 0.15) is 0 Å². The monoisotopic (exact) mass is 372 g/mol. The molecule has 5 N–H and O–H groups in total. The van der Waals surface area contributed by atoms with Gasteiger partial charge >= 0.3 is 11.9 Å². The van der Waals surface area contributed by atoms with Crippen LogP contribution in [0.25, 0.3) is 0 Å². The fourth-order valence-electron chi connectivity index (χ4n) is 3.48. The molecule has 0 aliphatic heterocycles. The molecule has 9 heteroatoms. The van der Waals surface area contributed by atoms with Crippen molar-refractivity contribution in [3.05, 3.63) is 0 Å². The molecule has 1 amide bonds. The maximum atomic E-state index is 12.7. The van der Waals surface area contributed by atoms with Gasteiger partial charge in [-0.15, -0.1) is 0 Å². The molecule has 0 aromatic heterocycles. The van der Waals surface area contributed by atoms with Crippen LogP contribution in [-0.4, -0.2) is 48.1 Å². The van der Waals surface area contributed by atoms with E-state index in [0.29, 0.717) is 12.8 Å². The number of carbonyl (C=O) groups is 3. The molecule has 0 saturated heterocycles. The first-order valence-corrected chi connectivity index (χ1v) is 11.4. The van der Waals surface area contributed by atoms with E-state index in [9.17, 15) is 24.6 Å². The van der Waals surface area contributed by atoms with E-state index in [1.165, 1.54) is 0 Å². The number of rotatable bonds is 6. The smallest absolute Gasteiger partial charge is 0.353 e. The summed E-state index contributed by atoms with van der Waals surface area (Å²) in [6.45, 7) is 9.68. The Labute approximate surface area is 148 Å². The molecule has 5 atom stereocenters. The molecule has 0 spiro atoms. The number of aliphatic carboxylic acids is 2. The Balaban J connectivity index is 2.11. The lowest BCUT2D eigenvalue weighted by Gasteiger charge is -2.38. The van der Waals surface area contributed by atoms with Crippen LogP contribution in [0.1, 0.15) is 33.6 Å². The number of nitrogens with two attached hydrogens (primary N) is 1. The number of fused-ring (bicyclic) bond motifs is 1. The second kappa shape index (κ2) is 6.06. The number of nitrogens with one attached hydrogen (secondary N) is 1. The van der Waals surface area contributed by atoms with Gasteiger partial charge in [-0.05, 0) is 36.9 Å². The molecule has 8 nitrogen and oxygen atoms in total. The Morgan fingerprint density at radius 3 is 2.24 bits per heavy atom. The van der Waals surface area contributed by atoms with Crippen molar-refractivity contribution in [1.82, 2.24) is 5.32 Å². The van der Waals surface area contributed by atoms with Gasteiger partial charge in [-0.25, -0.2) is 4.79 Å². The molecule has 0 aromatic carbocycles. The van der Waals surface area contributed by atoms with E-state index >= 15 is 0 Å². The van der Waals surface area contributed by atoms with Crippen LogP contribution in [0.15, 0.2) is 0 Å². The third kappa shape index (κ3) is 3.45. The number of carbonyl (C=O) groups excluding carboxylic acids is 1. The average Bonchev–Trinajstić information content (AvgIpc) is 3.09. The van der Waals surface area contributed by atoms with E-state index in [1.807, 2.05) is 33.9 Å². The predicted molar refractivity (Wildman–Crippen MR) is 92.1 cm³/mol. The third-order valence-corrected chi connectivity index (χ3v) is 10.5. The fraction of sp³-hybridized carbons (Fsp3) is 0.812. The summed E-state index contributed by atoms with van der Waals surface area (Å²) in [5.41, 5.74) is 4.85. The summed E-state index contributed by atoms with van der Waals surface area (Å²) in [7, 11) is -2.43. The molecule has 2 aliphatic rings. The Kier molecular flexibility index (Phi) is 4.82. The number of hydrogen-bond acceptors (Lipinski definition) is 5. The van der Waals surface area contributed by atoms with Crippen molar-refractivity contribution >= 4 is 26.2 Å². The van der Waals surface area contributed by atoms with E-state index in [0.717, 1.165) is 0 Å². The Hall–Kier alpha value is -1.45. The van der Waals surface area contributed by atoms with Crippen LogP contribution in [0.4, 0.5) is 0 Å². The van der Waals surface area contributed by atoms with Gasteiger partial charge < -0.3 is 25.7 Å². The van der Waals surface area contributed by atoms with Crippen molar-refractivity contribution in [1.29, 1.82) is 0 Å². The van der Waals surface area contributed by atoms with Gasteiger partial charge in [0, 0.05) is 5.92 Å². The number of hydrogen-bond donors (Lipinski definition) is 4. The summed E-state index contributed by atoms with van der Waals surface area (Å²) < 4.78 is 5.80. The molecule has 2 saturated carbocycles. The van der Waals surface area contributed by atoms with Crippen molar-refractivity contribution in [3.8, 4) is 0 Å². The van der Waals surface area contributed by atoms with Crippen LogP contribution in [0.3, 0.4) is 0 Å². The van der Waals surface area contributed by atoms with E-state index in [4.69, 9.17) is 10.2 Å². The zero-order valence-corrected chi connectivity index (χ0v) is 16.3. The summed E-state index contributed by atoms with van der Waals surface area (Å²) in [5, 5.41) is 20.8. The fourth-order valence-corrected chi connectivity index (χ4v) is 4.58. The van der Waals surface area contributed by atoms with E-state index in [1.54, 1.807) is 0 Å². The standard InChI is InChI=1S/C16H28N2O6Si/c1-15(2,3)25(4,5)24-11(13(21)22)18-14(23)16(17)7-6-8-9(10(8)16)12(19)20/h8-11H,6-7,17H2,1-5H3,(H,18,23)(H,19,20)(H,21,22)/t8-,9-,10-,11-,16-/m0/s1. The van der Waals surface area contributed by atoms with Gasteiger partial charge in [-0.1, -0.05) is 20.8 Å². The lowest BCUT2D eigenvalue weighted by Crippen LogP contribution is -2.61. The molecule has 142 valence electrons. The summed E-state index contributed by atoms with van der Waals surface area (Å²) in [5.74, 6) is -4.04. The molecule has 0 radical (unpaired) electrons. The van der Waals surface area contributed by atoms with Crippen LogP contribution in [0.2, 0.25) is 18.1 Å². The largest absolute Gasteiger partial charge is 0.481 e. The van der Waals surface area contributed by atoms with E-state index in [-0.39, 0.29) is 11.0 Å². The first-order chi connectivity index (χ1) is 11.2.